The Bertz CT molecular complexity index is 1250. The van der Waals surface area contributed by atoms with Gasteiger partial charge in [-0.3, -0.25) is 24.3 Å². The van der Waals surface area contributed by atoms with E-state index >= 15 is 0 Å². The van der Waals surface area contributed by atoms with Crippen LogP contribution < -0.4 is 11.0 Å². The molecule has 2 heterocycles. The van der Waals surface area contributed by atoms with E-state index in [1.807, 2.05) is 0 Å². The maximum atomic E-state index is 12.5. The molecule has 0 saturated carbocycles. The molecule has 29 heavy (non-hydrogen) atoms. The highest BCUT2D eigenvalue weighted by Gasteiger charge is 2.18. The van der Waals surface area contributed by atoms with Crippen LogP contribution in [0.4, 0.5) is 5.69 Å². The predicted molar refractivity (Wildman–Crippen MR) is 107 cm³/mol. The highest BCUT2D eigenvalue weighted by Crippen LogP contribution is 2.19. The van der Waals surface area contributed by atoms with Crippen LogP contribution in [0.2, 0.25) is 0 Å². The summed E-state index contributed by atoms with van der Waals surface area (Å²) >= 11 is 0. The number of hydrogen-bond acceptors (Lipinski definition) is 6. The Morgan fingerprint density at radius 1 is 1.28 bits per heavy atom. The van der Waals surface area contributed by atoms with Crippen LogP contribution in [0.1, 0.15) is 35.1 Å². The SMILES string of the molecule is C/C(=N/NC(=O)c1ccc2c(=O)n3c(nc2c1)CCC3)c1ccccc1[N+](=O)[O-]. The summed E-state index contributed by atoms with van der Waals surface area (Å²) in [5, 5.41) is 15.6. The van der Waals surface area contributed by atoms with Gasteiger partial charge in [0.25, 0.3) is 17.2 Å². The molecule has 0 fully saturated rings. The van der Waals surface area contributed by atoms with Gasteiger partial charge in [-0.1, -0.05) is 12.1 Å². The maximum absolute atomic E-state index is 12.5. The number of para-hydroxylation sites is 1. The number of nitro groups is 1. The van der Waals surface area contributed by atoms with Crippen LogP contribution in [0.15, 0.2) is 52.4 Å². The molecule has 0 aliphatic carbocycles. The van der Waals surface area contributed by atoms with Gasteiger partial charge in [0.2, 0.25) is 0 Å². The molecule has 0 saturated heterocycles. The predicted octanol–water partition coefficient (Wildman–Crippen LogP) is 2.40. The minimum atomic E-state index is -0.498. The van der Waals surface area contributed by atoms with Gasteiger partial charge in [-0.25, -0.2) is 10.4 Å². The van der Waals surface area contributed by atoms with Crippen LogP contribution in [-0.2, 0) is 13.0 Å². The average molecular weight is 391 g/mol. The monoisotopic (exact) mass is 391 g/mol. The second-order valence-electron chi connectivity index (χ2n) is 6.73. The lowest BCUT2D eigenvalue weighted by Crippen LogP contribution is -2.22. The number of carbonyl (C=O) groups is 1. The zero-order chi connectivity index (χ0) is 20.5. The largest absolute Gasteiger partial charge is 0.296 e. The molecule has 1 aliphatic heterocycles. The maximum Gasteiger partial charge on any atom is 0.278 e. The Morgan fingerprint density at radius 3 is 2.86 bits per heavy atom. The third kappa shape index (κ3) is 3.38. The summed E-state index contributed by atoms with van der Waals surface area (Å²) in [6.07, 6.45) is 1.62. The molecule has 1 amide bonds. The summed E-state index contributed by atoms with van der Waals surface area (Å²) in [5.41, 5.74) is 3.61. The van der Waals surface area contributed by atoms with Gasteiger partial charge in [-0.05, 0) is 37.6 Å². The van der Waals surface area contributed by atoms with Crippen molar-refractivity contribution in [2.24, 2.45) is 5.10 Å². The molecule has 3 aromatic rings. The Hall–Kier alpha value is -3.88. The molecule has 0 radical (unpaired) electrons. The number of hydrogen-bond donors (Lipinski definition) is 1. The lowest BCUT2D eigenvalue weighted by atomic mass is 10.1. The first kappa shape index (κ1) is 18.5. The normalized spacial score (nSPS) is 13.3. The lowest BCUT2D eigenvalue weighted by Gasteiger charge is -2.07. The van der Waals surface area contributed by atoms with Crippen molar-refractivity contribution in [2.45, 2.75) is 26.3 Å². The minimum absolute atomic E-state index is 0.0905. The van der Waals surface area contributed by atoms with Crippen molar-refractivity contribution in [3.8, 4) is 0 Å². The molecule has 0 unspecified atom stereocenters. The second-order valence-corrected chi connectivity index (χ2v) is 6.73. The van der Waals surface area contributed by atoms with E-state index in [1.54, 1.807) is 47.9 Å². The standard InChI is InChI=1S/C20H17N5O4/c1-12(14-5-2-3-6-17(14)25(28)29)22-23-19(26)13-8-9-15-16(11-13)21-18-7-4-10-24(18)20(15)27/h2-3,5-6,8-9,11H,4,7,10H2,1H3,(H,23,26)/b22-12-. The summed E-state index contributed by atoms with van der Waals surface area (Å²) < 4.78 is 1.67. The van der Waals surface area contributed by atoms with Crippen molar-refractivity contribution >= 4 is 28.2 Å². The van der Waals surface area contributed by atoms with Gasteiger partial charge in [0.1, 0.15) is 5.82 Å². The molecule has 146 valence electrons. The number of nitro benzene ring substituents is 1. The van der Waals surface area contributed by atoms with Crippen LogP contribution >= 0.6 is 0 Å². The number of rotatable bonds is 4. The molecule has 9 nitrogen and oxygen atoms in total. The Kier molecular flexibility index (Phi) is 4.63. The molecular weight excluding hydrogens is 374 g/mol. The average Bonchev–Trinajstić information content (AvgIpc) is 3.20. The van der Waals surface area contributed by atoms with E-state index < -0.39 is 10.8 Å². The van der Waals surface area contributed by atoms with Crippen molar-refractivity contribution in [2.75, 3.05) is 0 Å². The van der Waals surface area contributed by atoms with Gasteiger partial charge in [-0.15, -0.1) is 0 Å². The molecule has 1 N–H and O–H groups in total. The van der Waals surface area contributed by atoms with Crippen LogP contribution in [-0.4, -0.2) is 26.1 Å². The smallest absolute Gasteiger partial charge is 0.278 e. The first-order chi connectivity index (χ1) is 14.0. The van der Waals surface area contributed by atoms with Crippen molar-refractivity contribution < 1.29 is 9.72 Å². The number of fused-ring (bicyclic) bond motifs is 2. The molecule has 0 bridgehead atoms. The summed E-state index contributed by atoms with van der Waals surface area (Å²) in [7, 11) is 0. The highest BCUT2D eigenvalue weighted by atomic mass is 16.6. The fourth-order valence-corrected chi connectivity index (χ4v) is 3.42. The van der Waals surface area contributed by atoms with Crippen LogP contribution in [0, 0.1) is 10.1 Å². The number of carbonyl (C=O) groups excluding carboxylic acids is 1. The number of nitrogens with one attached hydrogen (secondary N) is 1. The number of aromatic nitrogens is 2. The van der Waals surface area contributed by atoms with Gasteiger partial charge in [-0.2, -0.15) is 5.10 Å². The van der Waals surface area contributed by atoms with E-state index in [9.17, 15) is 19.7 Å². The number of aryl methyl sites for hydroxylation is 1. The van der Waals surface area contributed by atoms with Crippen molar-refractivity contribution in [3.63, 3.8) is 0 Å². The Morgan fingerprint density at radius 2 is 2.07 bits per heavy atom. The molecule has 9 heteroatoms. The highest BCUT2D eigenvalue weighted by molar-refractivity contribution is 6.04. The van der Waals surface area contributed by atoms with Crippen molar-refractivity contribution in [1.29, 1.82) is 0 Å². The van der Waals surface area contributed by atoms with Gasteiger partial charge in [0.15, 0.2) is 0 Å². The van der Waals surface area contributed by atoms with E-state index in [2.05, 4.69) is 15.5 Å². The molecule has 4 rings (SSSR count). The second kappa shape index (κ2) is 7.27. The van der Waals surface area contributed by atoms with E-state index in [1.165, 1.54) is 6.07 Å². The topological polar surface area (TPSA) is 119 Å². The minimum Gasteiger partial charge on any atom is -0.296 e. The van der Waals surface area contributed by atoms with Gasteiger partial charge in [0.05, 0.1) is 27.1 Å². The van der Waals surface area contributed by atoms with Crippen LogP contribution in [0.3, 0.4) is 0 Å². The molecule has 0 spiro atoms. The molecule has 1 aliphatic rings. The third-order valence-corrected chi connectivity index (χ3v) is 4.89. The molecule has 1 aromatic heterocycles. The van der Waals surface area contributed by atoms with Gasteiger partial charge >= 0.3 is 0 Å². The number of amides is 1. The number of benzene rings is 2. The fraction of sp³-hybridized carbons (Fsp3) is 0.200. The Balaban J connectivity index is 1.61. The van der Waals surface area contributed by atoms with Crippen molar-refractivity contribution in [1.82, 2.24) is 15.0 Å². The fourth-order valence-electron chi connectivity index (χ4n) is 3.42. The van der Waals surface area contributed by atoms with Gasteiger partial charge in [0, 0.05) is 24.6 Å². The van der Waals surface area contributed by atoms with Crippen LogP contribution in [0.5, 0.6) is 0 Å². The van der Waals surface area contributed by atoms with Crippen molar-refractivity contribution in [3.05, 3.63) is 79.9 Å². The third-order valence-electron chi connectivity index (χ3n) is 4.89. The van der Waals surface area contributed by atoms with E-state index in [0.717, 1.165) is 18.7 Å². The van der Waals surface area contributed by atoms with E-state index in [0.29, 0.717) is 34.3 Å². The summed E-state index contributed by atoms with van der Waals surface area (Å²) in [6, 6.07) is 10.9. The number of hydrazone groups is 1. The van der Waals surface area contributed by atoms with Crippen LogP contribution in [0.25, 0.3) is 10.9 Å². The van der Waals surface area contributed by atoms with E-state index in [-0.39, 0.29) is 11.2 Å². The summed E-state index contributed by atoms with van der Waals surface area (Å²) in [4.78, 5) is 40.2. The first-order valence-corrected chi connectivity index (χ1v) is 9.07. The number of nitrogens with zero attached hydrogens (tertiary/aromatic N) is 4. The molecule has 0 atom stereocenters. The quantitative estimate of drug-likeness (QED) is 0.416. The Labute approximate surface area is 164 Å². The van der Waals surface area contributed by atoms with E-state index in [4.69, 9.17) is 0 Å². The zero-order valence-electron chi connectivity index (χ0n) is 15.6. The summed E-state index contributed by atoms with van der Waals surface area (Å²) in [6.45, 7) is 2.24. The summed E-state index contributed by atoms with van der Waals surface area (Å²) in [5.74, 6) is 0.234. The molecule has 2 aromatic carbocycles. The zero-order valence-corrected chi connectivity index (χ0v) is 15.6. The molecular formula is C20H17N5O4. The first-order valence-electron chi connectivity index (χ1n) is 9.07. The lowest BCUT2D eigenvalue weighted by molar-refractivity contribution is -0.385. The van der Waals surface area contributed by atoms with Gasteiger partial charge < -0.3 is 0 Å².